The lowest BCUT2D eigenvalue weighted by atomic mass is 9.83. The second-order valence-electron chi connectivity index (χ2n) is 7.09. The molecule has 1 aliphatic heterocycles. The lowest BCUT2D eigenvalue weighted by Crippen LogP contribution is -2.38. The number of carboxylic acids is 1. The number of methoxy groups -OCH3 is 1. The van der Waals surface area contributed by atoms with E-state index in [4.69, 9.17) is 14.2 Å². The van der Waals surface area contributed by atoms with Crippen molar-refractivity contribution in [2.24, 2.45) is 0 Å². The molecule has 0 radical (unpaired) electrons. The highest BCUT2D eigenvalue weighted by Crippen LogP contribution is 2.51. The molecule has 0 spiro atoms. The molecule has 0 fully saturated rings. The molecule has 0 bridgehead atoms. The molecule has 150 valence electrons. The van der Waals surface area contributed by atoms with Crippen molar-refractivity contribution in [2.45, 2.75) is 5.60 Å². The normalized spacial score (nSPS) is 19.0. The maximum absolute atomic E-state index is 12.4. The number of aliphatic carboxylic acids is 1. The molecule has 1 heterocycles. The van der Waals surface area contributed by atoms with Crippen molar-refractivity contribution in [3.05, 3.63) is 94.6 Å². The van der Waals surface area contributed by atoms with E-state index in [-0.39, 0.29) is 12.4 Å². The third kappa shape index (κ3) is 2.51. The van der Waals surface area contributed by atoms with Crippen LogP contribution in [0.2, 0.25) is 0 Å². The van der Waals surface area contributed by atoms with Crippen LogP contribution in [0.5, 0.6) is 17.2 Å². The predicted octanol–water partition coefficient (Wildman–Crippen LogP) is 2.23. The van der Waals surface area contributed by atoms with E-state index in [0.717, 1.165) is 0 Å². The Labute approximate surface area is 172 Å². The molecule has 0 amide bonds. The maximum atomic E-state index is 12.4. The summed E-state index contributed by atoms with van der Waals surface area (Å²) in [6.07, 6.45) is 0. The van der Waals surface area contributed by atoms with Crippen LogP contribution in [0.15, 0.2) is 72.3 Å². The minimum atomic E-state index is -1.88. The number of carbonyl (C=O) groups excluding carboxylic acids is 1. The topological polar surface area (TPSA) is 88.1 Å². The second kappa shape index (κ2) is 6.64. The Bertz CT molecular complexity index is 1190. The van der Waals surface area contributed by atoms with E-state index in [1.165, 1.54) is 0 Å². The number of benzene rings is 3. The van der Waals surface area contributed by atoms with Crippen molar-refractivity contribution < 1.29 is 29.2 Å². The number of fused-ring (bicyclic) bond motifs is 2. The lowest BCUT2D eigenvalue weighted by molar-refractivity contribution is -0.300. The smallest absolute Gasteiger partial charge is 0.231 e. The van der Waals surface area contributed by atoms with E-state index in [0.29, 0.717) is 45.1 Å². The third-order valence-corrected chi connectivity index (χ3v) is 5.57. The van der Waals surface area contributed by atoms with Crippen LogP contribution < -0.4 is 19.3 Å². The first-order valence-electron chi connectivity index (χ1n) is 9.37. The van der Waals surface area contributed by atoms with Crippen LogP contribution in [0.3, 0.4) is 0 Å². The number of aliphatic hydroxyl groups is 1. The number of rotatable bonds is 4. The van der Waals surface area contributed by atoms with Gasteiger partial charge in [0.05, 0.1) is 13.1 Å². The van der Waals surface area contributed by atoms with Gasteiger partial charge in [-0.25, -0.2) is 0 Å². The van der Waals surface area contributed by atoms with Crippen molar-refractivity contribution in [2.75, 3.05) is 13.9 Å². The first-order chi connectivity index (χ1) is 14.5. The zero-order chi connectivity index (χ0) is 20.9. The summed E-state index contributed by atoms with van der Waals surface area (Å²) in [5, 5.41) is 24.2. The molecular weight excluding hydrogens is 384 g/mol. The van der Waals surface area contributed by atoms with Crippen molar-refractivity contribution in [1.29, 1.82) is 0 Å². The van der Waals surface area contributed by atoms with Gasteiger partial charge in [0, 0.05) is 11.1 Å². The van der Waals surface area contributed by atoms with Crippen LogP contribution in [0.4, 0.5) is 0 Å². The molecule has 1 N–H and O–H groups in total. The fraction of sp³-hybridized carbons (Fsp3) is 0.125. The largest absolute Gasteiger partial charge is 0.545 e. The van der Waals surface area contributed by atoms with E-state index in [2.05, 4.69) is 0 Å². The predicted molar refractivity (Wildman–Crippen MR) is 106 cm³/mol. The van der Waals surface area contributed by atoms with Crippen LogP contribution in [-0.4, -0.2) is 25.0 Å². The maximum Gasteiger partial charge on any atom is 0.231 e. The SMILES string of the molecule is COc1ccc(C2(O)C(C(=O)[O-])=C(c3ccc4c(c3)OCO4)c3ccccc32)cc1. The van der Waals surface area contributed by atoms with Crippen molar-refractivity contribution in [3.8, 4) is 17.2 Å². The molecule has 3 aromatic carbocycles. The Hall–Kier alpha value is -3.77. The summed E-state index contributed by atoms with van der Waals surface area (Å²) in [4.78, 5) is 12.4. The summed E-state index contributed by atoms with van der Waals surface area (Å²) in [7, 11) is 1.54. The second-order valence-corrected chi connectivity index (χ2v) is 7.09. The van der Waals surface area contributed by atoms with Gasteiger partial charge >= 0.3 is 0 Å². The quantitative estimate of drug-likeness (QED) is 0.721. The van der Waals surface area contributed by atoms with Crippen LogP contribution >= 0.6 is 0 Å². The van der Waals surface area contributed by atoms with Gasteiger partial charge in [-0.05, 0) is 46.5 Å². The molecule has 3 aromatic rings. The molecule has 30 heavy (non-hydrogen) atoms. The van der Waals surface area contributed by atoms with Gasteiger partial charge in [0.25, 0.3) is 0 Å². The average Bonchev–Trinajstić information content (AvgIpc) is 3.34. The molecule has 2 aliphatic rings. The highest BCUT2D eigenvalue weighted by molar-refractivity contribution is 6.07. The molecule has 1 atom stereocenters. The monoisotopic (exact) mass is 401 g/mol. The van der Waals surface area contributed by atoms with E-state index in [9.17, 15) is 15.0 Å². The minimum absolute atomic E-state index is 0.109. The van der Waals surface area contributed by atoms with Gasteiger partial charge in [0.15, 0.2) is 11.5 Å². The van der Waals surface area contributed by atoms with E-state index >= 15 is 0 Å². The Morgan fingerprint density at radius 2 is 1.77 bits per heavy atom. The standard InChI is InChI=1S/C24H18O6/c1-28-16-9-7-15(8-10-16)24(27)18-5-3-2-4-17(18)21(22(24)23(25)26)14-6-11-19-20(12-14)30-13-29-19/h2-12,27H,13H2,1H3,(H,25,26)/p-1. The first-order valence-corrected chi connectivity index (χ1v) is 9.37. The summed E-state index contributed by atoms with van der Waals surface area (Å²) in [6, 6.07) is 19.0. The molecule has 0 saturated heterocycles. The summed E-state index contributed by atoms with van der Waals surface area (Å²) < 4.78 is 16.0. The number of carboxylic acid groups (broad SMARTS) is 1. The van der Waals surface area contributed by atoms with Gasteiger partial charge in [0.1, 0.15) is 11.4 Å². The Morgan fingerprint density at radius 3 is 2.50 bits per heavy atom. The third-order valence-electron chi connectivity index (χ3n) is 5.57. The van der Waals surface area contributed by atoms with Gasteiger partial charge in [-0.1, -0.05) is 42.5 Å². The highest BCUT2D eigenvalue weighted by Gasteiger charge is 2.46. The Kier molecular flexibility index (Phi) is 4.04. The van der Waals surface area contributed by atoms with Gasteiger partial charge in [-0.3, -0.25) is 0 Å². The van der Waals surface area contributed by atoms with Gasteiger partial charge < -0.3 is 29.2 Å². The highest BCUT2D eigenvalue weighted by atomic mass is 16.7. The van der Waals surface area contributed by atoms with Crippen molar-refractivity contribution in [3.63, 3.8) is 0 Å². The number of hydrogen-bond donors (Lipinski definition) is 1. The van der Waals surface area contributed by atoms with E-state index in [1.807, 2.05) is 0 Å². The lowest BCUT2D eigenvalue weighted by Gasteiger charge is -2.29. The first kappa shape index (κ1) is 18.3. The molecule has 6 heteroatoms. The average molecular weight is 401 g/mol. The number of ether oxygens (including phenoxy) is 3. The summed E-state index contributed by atoms with van der Waals surface area (Å²) >= 11 is 0. The van der Waals surface area contributed by atoms with Crippen LogP contribution in [0, 0.1) is 0 Å². The minimum Gasteiger partial charge on any atom is -0.545 e. The van der Waals surface area contributed by atoms with E-state index < -0.39 is 11.6 Å². The van der Waals surface area contributed by atoms with Crippen molar-refractivity contribution >= 4 is 11.5 Å². The van der Waals surface area contributed by atoms with Gasteiger partial charge in [0.2, 0.25) is 6.79 Å². The summed E-state index contributed by atoms with van der Waals surface area (Å²) in [5.74, 6) is 0.266. The zero-order valence-electron chi connectivity index (χ0n) is 16.0. The fourth-order valence-electron chi connectivity index (χ4n) is 4.20. The zero-order valence-corrected chi connectivity index (χ0v) is 16.0. The fourth-order valence-corrected chi connectivity index (χ4v) is 4.20. The Morgan fingerprint density at radius 1 is 1.03 bits per heavy atom. The molecule has 1 aliphatic carbocycles. The van der Waals surface area contributed by atoms with E-state index in [1.54, 1.807) is 73.8 Å². The molecule has 6 nitrogen and oxygen atoms in total. The van der Waals surface area contributed by atoms with Crippen LogP contribution in [0.1, 0.15) is 22.3 Å². The Balaban J connectivity index is 1.79. The number of hydrogen-bond acceptors (Lipinski definition) is 6. The molecule has 0 aromatic heterocycles. The number of carbonyl (C=O) groups is 1. The molecule has 0 saturated carbocycles. The van der Waals surface area contributed by atoms with Gasteiger partial charge in [-0.15, -0.1) is 0 Å². The van der Waals surface area contributed by atoms with Gasteiger partial charge in [-0.2, -0.15) is 0 Å². The molecule has 1 unspecified atom stereocenters. The summed E-state index contributed by atoms with van der Waals surface area (Å²) in [5.41, 5.74) is 0.389. The van der Waals surface area contributed by atoms with Crippen molar-refractivity contribution in [1.82, 2.24) is 0 Å². The van der Waals surface area contributed by atoms with Crippen LogP contribution in [0.25, 0.3) is 5.57 Å². The molecular formula is C24H17O6-. The summed E-state index contributed by atoms with van der Waals surface area (Å²) in [6.45, 7) is 0.109. The van der Waals surface area contributed by atoms with Crippen LogP contribution in [-0.2, 0) is 10.4 Å². The molecule has 5 rings (SSSR count).